The summed E-state index contributed by atoms with van der Waals surface area (Å²) in [6.45, 7) is 4.94. The van der Waals surface area contributed by atoms with Crippen molar-refractivity contribution in [1.29, 1.82) is 5.26 Å². The second-order valence-corrected chi connectivity index (χ2v) is 5.33. The minimum Gasteiger partial charge on any atom is -0.392 e. The van der Waals surface area contributed by atoms with Gasteiger partial charge in [0.15, 0.2) is 0 Å². The van der Waals surface area contributed by atoms with E-state index >= 15 is 0 Å². The standard InChI is InChI=1S/C18H20N2O/c1-14(2)20(12-15-6-4-3-5-7-15)18-9-8-16(13-21)10-17(18)11-19/h3-10,14,21H,12-13H2,1-2H3. The zero-order valence-electron chi connectivity index (χ0n) is 12.5. The molecule has 0 saturated heterocycles. The van der Waals surface area contributed by atoms with Gasteiger partial charge in [0.2, 0.25) is 0 Å². The molecule has 0 amide bonds. The second-order valence-electron chi connectivity index (χ2n) is 5.33. The highest BCUT2D eigenvalue weighted by atomic mass is 16.3. The molecule has 108 valence electrons. The van der Waals surface area contributed by atoms with Gasteiger partial charge < -0.3 is 10.0 Å². The first kappa shape index (κ1) is 15.1. The van der Waals surface area contributed by atoms with Gasteiger partial charge in [0, 0.05) is 12.6 Å². The van der Waals surface area contributed by atoms with E-state index in [9.17, 15) is 10.4 Å². The average molecular weight is 280 g/mol. The third-order valence-corrected chi connectivity index (χ3v) is 3.49. The lowest BCUT2D eigenvalue weighted by Crippen LogP contribution is -2.30. The van der Waals surface area contributed by atoms with E-state index in [4.69, 9.17) is 0 Å². The van der Waals surface area contributed by atoms with Crippen LogP contribution in [0.4, 0.5) is 5.69 Å². The molecule has 1 N–H and O–H groups in total. The van der Waals surface area contributed by atoms with Gasteiger partial charge >= 0.3 is 0 Å². The van der Waals surface area contributed by atoms with Gasteiger partial charge in [-0.1, -0.05) is 36.4 Å². The molecule has 0 aliphatic carbocycles. The third kappa shape index (κ3) is 3.62. The molecule has 0 bridgehead atoms. The lowest BCUT2D eigenvalue weighted by molar-refractivity contribution is 0.282. The Labute approximate surface area is 126 Å². The number of aliphatic hydroxyl groups excluding tert-OH is 1. The van der Waals surface area contributed by atoms with Gasteiger partial charge in [0.1, 0.15) is 6.07 Å². The van der Waals surface area contributed by atoms with Crippen LogP contribution in [0, 0.1) is 11.3 Å². The molecule has 0 spiro atoms. The highest BCUT2D eigenvalue weighted by Gasteiger charge is 2.15. The number of rotatable bonds is 5. The van der Waals surface area contributed by atoms with E-state index < -0.39 is 0 Å². The maximum atomic E-state index is 9.38. The van der Waals surface area contributed by atoms with Gasteiger partial charge in [0.25, 0.3) is 0 Å². The van der Waals surface area contributed by atoms with Crippen LogP contribution in [0.1, 0.15) is 30.5 Å². The Balaban J connectivity index is 2.37. The van der Waals surface area contributed by atoms with Crippen molar-refractivity contribution in [3.63, 3.8) is 0 Å². The van der Waals surface area contributed by atoms with Crippen LogP contribution in [0.2, 0.25) is 0 Å². The van der Waals surface area contributed by atoms with Crippen molar-refractivity contribution in [1.82, 2.24) is 0 Å². The summed E-state index contributed by atoms with van der Waals surface area (Å²) in [5.41, 5.74) is 3.49. The molecule has 0 saturated carbocycles. The average Bonchev–Trinajstić information content (AvgIpc) is 2.52. The smallest absolute Gasteiger partial charge is 0.101 e. The normalized spacial score (nSPS) is 10.4. The molecular formula is C18H20N2O. The molecule has 2 rings (SSSR count). The summed E-state index contributed by atoms with van der Waals surface area (Å²) in [7, 11) is 0. The molecule has 0 aliphatic heterocycles. The summed E-state index contributed by atoms with van der Waals surface area (Å²) in [6, 6.07) is 18.3. The predicted molar refractivity (Wildman–Crippen MR) is 84.8 cm³/mol. The van der Waals surface area contributed by atoms with Gasteiger partial charge in [-0.2, -0.15) is 5.26 Å². The molecule has 0 aromatic heterocycles. The number of hydrogen-bond acceptors (Lipinski definition) is 3. The summed E-state index contributed by atoms with van der Waals surface area (Å²) in [5, 5.41) is 18.6. The molecule has 0 unspecified atom stereocenters. The molecule has 0 heterocycles. The van der Waals surface area contributed by atoms with Crippen LogP contribution in [0.25, 0.3) is 0 Å². The lowest BCUT2D eigenvalue weighted by Gasteiger charge is -2.30. The monoisotopic (exact) mass is 280 g/mol. The molecule has 0 atom stereocenters. The fourth-order valence-electron chi connectivity index (χ4n) is 2.35. The maximum absolute atomic E-state index is 9.38. The summed E-state index contributed by atoms with van der Waals surface area (Å²) in [5.74, 6) is 0. The first-order valence-corrected chi connectivity index (χ1v) is 7.10. The Kier molecular flexibility index (Phi) is 4.97. The van der Waals surface area contributed by atoms with Gasteiger partial charge in [-0.3, -0.25) is 0 Å². The molecular weight excluding hydrogens is 260 g/mol. The van der Waals surface area contributed by atoms with Crippen molar-refractivity contribution in [2.75, 3.05) is 4.90 Å². The van der Waals surface area contributed by atoms with Crippen LogP contribution in [0.3, 0.4) is 0 Å². The van der Waals surface area contributed by atoms with Crippen molar-refractivity contribution in [2.45, 2.75) is 33.0 Å². The highest BCUT2D eigenvalue weighted by molar-refractivity contribution is 5.61. The third-order valence-electron chi connectivity index (χ3n) is 3.49. The summed E-state index contributed by atoms with van der Waals surface area (Å²) >= 11 is 0. The fourth-order valence-corrected chi connectivity index (χ4v) is 2.35. The zero-order valence-corrected chi connectivity index (χ0v) is 12.5. The van der Waals surface area contributed by atoms with Crippen LogP contribution in [-0.4, -0.2) is 11.1 Å². The van der Waals surface area contributed by atoms with Crippen molar-refractivity contribution in [3.8, 4) is 6.07 Å². The van der Waals surface area contributed by atoms with Crippen LogP contribution in [-0.2, 0) is 13.2 Å². The molecule has 2 aromatic carbocycles. The molecule has 0 fully saturated rings. The molecule has 21 heavy (non-hydrogen) atoms. The summed E-state index contributed by atoms with van der Waals surface area (Å²) < 4.78 is 0. The van der Waals surface area contributed by atoms with E-state index in [-0.39, 0.29) is 12.6 Å². The van der Waals surface area contributed by atoms with Crippen molar-refractivity contribution in [2.24, 2.45) is 0 Å². The number of anilines is 1. The minimum absolute atomic E-state index is 0.0463. The predicted octanol–water partition coefficient (Wildman–Crippen LogP) is 3.47. The van der Waals surface area contributed by atoms with Crippen molar-refractivity contribution < 1.29 is 5.11 Å². The minimum atomic E-state index is -0.0463. The van der Waals surface area contributed by atoms with E-state index in [0.717, 1.165) is 17.8 Å². The Morgan fingerprint density at radius 1 is 1.10 bits per heavy atom. The molecule has 0 radical (unpaired) electrons. The largest absolute Gasteiger partial charge is 0.392 e. The van der Waals surface area contributed by atoms with Gasteiger partial charge in [-0.05, 0) is 37.1 Å². The first-order valence-electron chi connectivity index (χ1n) is 7.10. The summed E-state index contributed by atoms with van der Waals surface area (Å²) in [6.07, 6.45) is 0. The molecule has 0 aliphatic rings. The number of nitrogens with zero attached hydrogens (tertiary/aromatic N) is 2. The van der Waals surface area contributed by atoms with E-state index in [1.165, 1.54) is 5.56 Å². The van der Waals surface area contributed by atoms with Crippen LogP contribution >= 0.6 is 0 Å². The Morgan fingerprint density at radius 2 is 1.81 bits per heavy atom. The Hall–Kier alpha value is -2.31. The van der Waals surface area contributed by atoms with Crippen molar-refractivity contribution >= 4 is 5.69 Å². The first-order chi connectivity index (χ1) is 10.2. The summed E-state index contributed by atoms with van der Waals surface area (Å²) in [4.78, 5) is 2.20. The van der Waals surface area contributed by atoms with Crippen molar-refractivity contribution in [3.05, 3.63) is 65.2 Å². The topological polar surface area (TPSA) is 47.3 Å². The molecule has 3 heteroatoms. The lowest BCUT2D eigenvalue weighted by atomic mass is 10.1. The number of aliphatic hydroxyl groups is 1. The van der Waals surface area contributed by atoms with E-state index in [1.807, 2.05) is 30.3 Å². The second kappa shape index (κ2) is 6.92. The van der Waals surface area contributed by atoms with E-state index in [0.29, 0.717) is 5.56 Å². The number of hydrogen-bond donors (Lipinski definition) is 1. The quantitative estimate of drug-likeness (QED) is 0.912. The van der Waals surface area contributed by atoms with Crippen LogP contribution in [0.5, 0.6) is 0 Å². The zero-order chi connectivity index (χ0) is 15.2. The molecule has 2 aromatic rings. The fraction of sp³-hybridized carbons (Fsp3) is 0.278. The van der Waals surface area contributed by atoms with E-state index in [2.05, 4.69) is 36.9 Å². The maximum Gasteiger partial charge on any atom is 0.101 e. The van der Waals surface area contributed by atoms with Gasteiger partial charge in [-0.15, -0.1) is 0 Å². The van der Waals surface area contributed by atoms with Gasteiger partial charge in [-0.25, -0.2) is 0 Å². The van der Waals surface area contributed by atoms with Gasteiger partial charge in [0.05, 0.1) is 17.9 Å². The van der Waals surface area contributed by atoms with E-state index in [1.54, 1.807) is 6.07 Å². The Bertz CT molecular complexity index is 629. The highest BCUT2D eigenvalue weighted by Crippen LogP contribution is 2.25. The number of nitriles is 1. The Morgan fingerprint density at radius 3 is 2.38 bits per heavy atom. The SMILES string of the molecule is CC(C)N(Cc1ccccc1)c1ccc(CO)cc1C#N. The van der Waals surface area contributed by atoms with Crippen LogP contribution in [0.15, 0.2) is 48.5 Å². The van der Waals surface area contributed by atoms with Crippen LogP contribution < -0.4 is 4.90 Å². The number of benzene rings is 2. The molecule has 3 nitrogen and oxygen atoms in total.